The molecule has 0 unspecified atom stereocenters. The molecule has 0 bridgehead atoms. The van der Waals surface area contributed by atoms with Crippen molar-refractivity contribution in [1.82, 2.24) is 10.2 Å². The quantitative estimate of drug-likeness (QED) is 0.602. The lowest BCUT2D eigenvalue weighted by molar-refractivity contribution is 0.0986. The molecule has 2 aromatic carbocycles. The van der Waals surface area contributed by atoms with E-state index < -0.39 is 0 Å². The molecule has 2 N–H and O–H groups in total. The summed E-state index contributed by atoms with van der Waals surface area (Å²) >= 11 is 2.63. The highest BCUT2D eigenvalue weighted by molar-refractivity contribution is 7.97. The summed E-state index contributed by atoms with van der Waals surface area (Å²) in [5.74, 6) is -0.0448. The van der Waals surface area contributed by atoms with Crippen LogP contribution in [0.4, 0.5) is 5.13 Å². The molecule has 0 atom stereocenters. The lowest BCUT2D eigenvalue weighted by atomic mass is 10.2. The lowest BCUT2D eigenvalue weighted by Crippen LogP contribution is -2.31. The maximum Gasteiger partial charge on any atom is 0.260 e. The third-order valence-electron chi connectivity index (χ3n) is 3.88. The molecule has 26 heavy (non-hydrogen) atoms. The van der Waals surface area contributed by atoms with Gasteiger partial charge in [-0.3, -0.25) is 14.8 Å². The van der Waals surface area contributed by atoms with Gasteiger partial charge >= 0.3 is 0 Å². The Morgan fingerprint density at radius 1 is 1.12 bits per heavy atom. The molecule has 0 saturated heterocycles. The molecule has 1 aromatic heterocycles. The number of benzene rings is 2. The molecule has 0 saturated carbocycles. The highest BCUT2D eigenvalue weighted by Gasteiger charge is 2.21. The van der Waals surface area contributed by atoms with Crippen molar-refractivity contribution in [2.24, 2.45) is 5.14 Å². The summed E-state index contributed by atoms with van der Waals surface area (Å²) in [6.45, 7) is 2.73. The predicted octanol–water partition coefficient (Wildman–Crippen LogP) is 4.62. The number of carbonyl (C=O) groups excluding carboxylic acids is 1. The van der Waals surface area contributed by atoms with E-state index in [0.29, 0.717) is 17.2 Å². The number of aromatic nitrogens is 2. The molecular weight excluding hydrogens is 364 g/mol. The summed E-state index contributed by atoms with van der Waals surface area (Å²) in [6, 6.07) is 17.1. The van der Waals surface area contributed by atoms with Crippen molar-refractivity contribution in [3.05, 3.63) is 60.2 Å². The van der Waals surface area contributed by atoms with Gasteiger partial charge in [-0.2, -0.15) is 0 Å². The zero-order chi connectivity index (χ0) is 18.4. The van der Waals surface area contributed by atoms with Crippen LogP contribution in [0.3, 0.4) is 0 Å². The van der Waals surface area contributed by atoms with Crippen LogP contribution in [0.1, 0.15) is 30.1 Å². The van der Waals surface area contributed by atoms with E-state index in [4.69, 9.17) is 5.14 Å². The molecule has 0 aliphatic heterocycles. The fraction of sp³-hybridized carbons (Fsp3) is 0.211. The van der Waals surface area contributed by atoms with Gasteiger partial charge in [-0.15, -0.1) is 10.2 Å². The van der Waals surface area contributed by atoms with Gasteiger partial charge in [0.15, 0.2) is 0 Å². The van der Waals surface area contributed by atoms with E-state index in [1.54, 1.807) is 4.90 Å². The molecular formula is C19H20N4OS2. The van der Waals surface area contributed by atoms with Gasteiger partial charge in [0.05, 0.1) is 0 Å². The lowest BCUT2D eigenvalue weighted by Gasteiger charge is -2.19. The predicted molar refractivity (Wildman–Crippen MR) is 108 cm³/mol. The highest BCUT2D eigenvalue weighted by Crippen LogP contribution is 2.30. The first kappa shape index (κ1) is 18.6. The first-order valence-electron chi connectivity index (χ1n) is 8.40. The monoisotopic (exact) mass is 384 g/mol. The molecule has 0 aliphatic rings. The zero-order valence-corrected chi connectivity index (χ0v) is 16.1. The number of nitrogens with zero attached hydrogens (tertiary/aromatic N) is 3. The van der Waals surface area contributed by atoms with E-state index >= 15 is 0 Å². The van der Waals surface area contributed by atoms with E-state index in [-0.39, 0.29) is 5.91 Å². The SMILES string of the molecule is CCCCN(C(=O)c1ccccc1)c1nnc(-c2ccc(SN)cc2)s1. The molecule has 3 aromatic rings. The Bertz CT molecular complexity index is 849. The average Bonchev–Trinajstić information content (AvgIpc) is 3.19. The minimum absolute atomic E-state index is 0.0448. The molecule has 1 heterocycles. The van der Waals surface area contributed by atoms with Crippen molar-refractivity contribution >= 4 is 34.3 Å². The maximum absolute atomic E-state index is 12.9. The fourth-order valence-corrected chi connectivity index (χ4v) is 3.62. The van der Waals surface area contributed by atoms with Gasteiger partial charge in [0.1, 0.15) is 5.01 Å². The van der Waals surface area contributed by atoms with Gasteiger partial charge in [-0.1, -0.05) is 55.0 Å². The first-order chi connectivity index (χ1) is 12.7. The second-order valence-electron chi connectivity index (χ2n) is 5.71. The Labute approximate surface area is 161 Å². The van der Waals surface area contributed by atoms with Gasteiger partial charge in [0.25, 0.3) is 5.91 Å². The molecule has 1 amide bonds. The Kier molecular flexibility index (Phi) is 6.38. The van der Waals surface area contributed by atoms with Crippen LogP contribution in [0.5, 0.6) is 0 Å². The van der Waals surface area contributed by atoms with Crippen LogP contribution >= 0.6 is 23.3 Å². The van der Waals surface area contributed by atoms with Gasteiger partial charge in [0, 0.05) is 22.6 Å². The zero-order valence-electron chi connectivity index (χ0n) is 14.5. The minimum Gasteiger partial charge on any atom is -0.283 e. The van der Waals surface area contributed by atoms with Crippen LogP contribution in [0, 0.1) is 0 Å². The summed E-state index contributed by atoms with van der Waals surface area (Å²) in [6.07, 6.45) is 1.92. The Morgan fingerprint density at radius 2 is 1.85 bits per heavy atom. The van der Waals surface area contributed by atoms with E-state index in [9.17, 15) is 4.79 Å². The standard InChI is InChI=1S/C19H20N4OS2/c1-2-3-13-23(18(24)15-7-5-4-6-8-15)19-22-21-17(25-19)14-9-11-16(26-20)12-10-14/h4-12H,2-3,13,20H2,1H3. The van der Waals surface area contributed by atoms with Crippen molar-refractivity contribution in [2.45, 2.75) is 24.7 Å². The van der Waals surface area contributed by atoms with Gasteiger partial charge < -0.3 is 0 Å². The van der Waals surface area contributed by atoms with Gasteiger partial charge in [-0.05, 0) is 42.6 Å². The van der Waals surface area contributed by atoms with E-state index in [0.717, 1.165) is 28.3 Å². The van der Waals surface area contributed by atoms with E-state index in [2.05, 4.69) is 17.1 Å². The summed E-state index contributed by atoms with van der Waals surface area (Å²) in [5.41, 5.74) is 1.62. The maximum atomic E-state index is 12.9. The smallest absolute Gasteiger partial charge is 0.260 e. The van der Waals surface area contributed by atoms with E-state index in [1.807, 2.05) is 54.6 Å². The van der Waals surface area contributed by atoms with Crippen LogP contribution in [0.25, 0.3) is 10.6 Å². The number of anilines is 1. The number of hydrogen-bond donors (Lipinski definition) is 1. The van der Waals surface area contributed by atoms with Crippen LogP contribution in [0.2, 0.25) is 0 Å². The van der Waals surface area contributed by atoms with Crippen LogP contribution in [-0.2, 0) is 0 Å². The fourth-order valence-electron chi connectivity index (χ4n) is 2.45. The van der Waals surface area contributed by atoms with Crippen molar-refractivity contribution in [3.63, 3.8) is 0 Å². The number of carbonyl (C=O) groups is 1. The minimum atomic E-state index is -0.0448. The summed E-state index contributed by atoms with van der Waals surface area (Å²) in [4.78, 5) is 15.6. The summed E-state index contributed by atoms with van der Waals surface area (Å²) in [7, 11) is 0. The number of amides is 1. The Hall–Kier alpha value is -2.22. The van der Waals surface area contributed by atoms with E-state index in [1.165, 1.54) is 23.3 Å². The number of rotatable bonds is 7. The van der Waals surface area contributed by atoms with Crippen molar-refractivity contribution in [1.29, 1.82) is 0 Å². The average molecular weight is 385 g/mol. The number of hydrogen-bond acceptors (Lipinski definition) is 6. The van der Waals surface area contributed by atoms with Gasteiger partial charge in [-0.25, -0.2) is 0 Å². The number of nitrogens with two attached hydrogens (primary N) is 1. The summed E-state index contributed by atoms with van der Waals surface area (Å²) < 4.78 is 0. The van der Waals surface area contributed by atoms with Crippen molar-refractivity contribution in [2.75, 3.05) is 11.4 Å². The van der Waals surface area contributed by atoms with Crippen LogP contribution in [-0.4, -0.2) is 22.6 Å². The van der Waals surface area contributed by atoms with Crippen LogP contribution in [0.15, 0.2) is 59.5 Å². The molecule has 5 nitrogen and oxygen atoms in total. The normalized spacial score (nSPS) is 10.7. The van der Waals surface area contributed by atoms with Crippen molar-refractivity contribution in [3.8, 4) is 10.6 Å². The highest BCUT2D eigenvalue weighted by atomic mass is 32.2. The Morgan fingerprint density at radius 3 is 2.50 bits per heavy atom. The Balaban J connectivity index is 1.87. The molecule has 134 valence electrons. The molecule has 0 aliphatic carbocycles. The number of unbranched alkanes of at least 4 members (excludes halogenated alkanes) is 1. The second kappa shape index (κ2) is 8.93. The van der Waals surface area contributed by atoms with Gasteiger partial charge in [0.2, 0.25) is 5.13 Å². The molecule has 0 radical (unpaired) electrons. The first-order valence-corrected chi connectivity index (χ1v) is 10.1. The molecule has 0 spiro atoms. The largest absolute Gasteiger partial charge is 0.283 e. The summed E-state index contributed by atoms with van der Waals surface area (Å²) in [5, 5.41) is 15.5. The van der Waals surface area contributed by atoms with Crippen molar-refractivity contribution < 1.29 is 4.79 Å². The topological polar surface area (TPSA) is 72.1 Å². The second-order valence-corrected chi connectivity index (χ2v) is 7.37. The third kappa shape index (κ3) is 4.30. The van der Waals surface area contributed by atoms with Crippen LogP contribution < -0.4 is 10.0 Å². The molecule has 0 fully saturated rings. The third-order valence-corrected chi connectivity index (χ3v) is 5.42. The molecule has 7 heteroatoms. The molecule has 3 rings (SSSR count).